The highest BCUT2D eigenvalue weighted by Gasteiger charge is 2.12. The van der Waals surface area contributed by atoms with Crippen LogP contribution in [0.2, 0.25) is 0 Å². The summed E-state index contributed by atoms with van der Waals surface area (Å²) in [7, 11) is 0. The van der Waals surface area contributed by atoms with Crippen LogP contribution in [0, 0.1) is 13.8 Å². The zero-order valence-electron chi connectivity index (χ0n) is 14.2. The number of carbonyl (C=O) groups is 1. The van der Waals surface area contributed by atoms with Crippen LogP contribution in [0.25, 0.3) is 0 Å². The molecule has 24 heavy (non-hydrogen) atoms. The van der Waals surface area contributed by atoms with Crippen molar-refractivity contribution in [3.05, 3.63) is 53.1 Å². The lowest BCUT2D eigenvalue weighted by molar-refractivity contribution is -0.116. The third-order valence-electron chi connectivity index (χ3n) is 4.15. The van der Waals surface area contributed by atoms with Gasteiger partial charge in [0, 0.05) is 24.6 Å². The van der Waals surface area contributed by atoms with Crippen LogP contribution in [0.4, 0.5) is 5.69 Å². The van der Waals surface area contributed by atoms with Crippen LogP contribution in [0.3, 0.4) is 0 Å². The van der Waals surface area contributed by atoms with E-state index in [0.717, 1.165) is 24.3 Å². The number of hydrogen-bond donors (Lipinski definition) is 1. The molecule has 1 aliphatic heterocycles. The van der Waals surface area contributed by atoms with Crippen molar-refractivity contribution in [1.82, 2.24) is 0 Å². The molecule has 0 saturated carbocycles. The Labute approximate surface area is 142 Å². The van der Waals surface area contributed by atoms with Crippen LogP contribution in [0.5, 0.6) is 11.5 Å². The molecule has 0 unspecified atom stereocenters. The lowest BCUT2D eigenvalue weighted by atomic mass is 10.0. The summed E-state index contributed by atoms with van der Waals surface area (Å²) in [5.41, 5.74) is 4.44. The minimum Gasteiger partial charge on any atom is -0.490 e. The zero-order valence-corrected chi connectivity index (χ0v) is 14.2. The second-order valence-electron chi connectivity index (χ2n) is 6.19. The molecule has 0 spiro atoms. The summed E-state index contributed by atoms with van der Waals surface area (Å²) < 4.78 is 11.2. The molecule has 4 nitrogen and oxygen atoms in total. The van der Waals surface area contributed by atoms with E-state index in [9.17, 15) is 4.79 Å². The Balaban J connectivity index is 1.59. The first-order chi connectivity index (χ1) is 11.6. The van der Waals surface area contributed by atoms with Crippen molar-refractivity contribution in [2.45, 2.75) is 33.1 Å². The molecule has 0 saturated heterocycles. The third kappa shape index (κ3) is 4.07. The van der Waals surface area contributed by atoms with Crippen molar-refractivity contribution in [2.24, 2.45) is 0 Å². The van der Waals surface area contributed by atoms with Gasteiger partial charge in [-0.05, 0) is 43.5 Å². The van der Waals surface area contributed by atoms with E-state index in [-0.39, 0.29) is 5.91 Å². The minimum atomic E-state index is 0.00413. The average Bonchev–Trinajstić information content (AvgIpc) is 2.79. The highest BCUT2D eigenvalue weighted by molar-refractivity contribution is 5.91. The van der Waals surface area contributed by atoms with Gasteiger partial charge in [0.25, 0.3) is 0 Å². The molecule has 2 aromatic rings. The summed E-state index contributed by atoms with van der Waals surface area (Å²) in [4.78, 5) is 12.2. The molecule has 1 aliphatic rings. The van der Waals surface area contributed by atoms with Gasteiger partial charge >= 0.3 is 0 Å². The SMILES string of the molecule is Cc1ccc(CCC(=O)Nc2ccc3c(c2)OCCCO3)c(C)c1. The Bertz CT molecular complexity index is 740. The van der Waals surface area contributed by atoms with E-state index in [0.29, 0.717) is 25.4 Å². The maximum Gasteiger partial charge on any atom is 0.224 e. The first-order valence-electron chi connectivity index (χ1n) is 8.37. The lowest BCUT2D eigenvalue weighted by Crippen LogP contribution is -2.12. The molecule has 4 heteroatoms. The first-order valence-corrected chi connectivity index (χ1v) is 8.37. The molecule has 2 aromatic carbocycles. The number of hydrogen-bond acceptors (Lipinski definition) is 3. The normalized spacial score (nSPS) is 13.2. The molecule has 0 bridgehead atoms. The second-order valence-corrected chi connectivity index (χ2v) is 6.19. The van der Waals surface area contributed by atoms with Gasteiger partial charge in [-0.15, -0.1) is 0 Å². The van der Waals surface area contributed by atoms with E-state index in [1.54, 1.807) is 0 Å². The van der Waals surface area contributed by atoms with Gasteiger partial charge in [-0.25, -0.2) is 0 Å². The molecule has 1 amide bonds. The van der Waals surface area contributed by atoms with Gasteiger partial charge in [0.2, 0.25) is 5.91 Å². The van der Waals surface area contributed by atoms with E-state index in [1.165, 1.54) is 16.7 Å². The van der Waals surface area contributed by atoms with Gasteiger partial charge in [0.05, 0.1) is 13.2 Å². The summed E-state index contributed by atoms with van der Waals surface area (Å²) in [6, 6.07) is 11.9. The number of benzene rings is 2. The van der Waals surface area contributed by atoms with Gasteiger partial charge in [-0.3, -0.25) is 4.79 Å². The van der Waals surface area contributed by atoms with Crippen molar-refractivity contribution in [3.8, 4) is 11.5 Å². The van der Waals surface area contributed by atoms with Crippen molar-refractivity contribution < 1.29 is 14.3 Å². The van der Waals surface area contributed by atoms with Crippen LogP contribution in [-0.2, 0) is 11.2 Å². The van der Waals surface area contributed by atoms with Gasteiger partial charge in [-0.1, -0.05) is 23.8 Å². The number of carbonyl (C=O) groups excluding carboxylic acids is 1. The van der Waals surface area contributed by atoms with Crippen molar-refractivity contribution >= 4 is 11.6 Å². The number of amides is 1. The topological polar surface area (TPSA) is 47.6 Å². The highest BCUT2D eigenvalue weighted by Crippen LogP contribution is 2.32. The van der Waals surface area contributed by atoms with Crippen LogP contribution in [0.15, 0.2) is 36.4 Å². The zero-order chi connectivity index (χ0) is 16.9. The van der Waals surface area contributed by atoms with Crippen molar-refractivity contribution in [1.29, 1.82) is 0 Å². The summed E-state index contributed by atoms with van der Waals surface area (Å²) in [5.74, 6) is 1.44. The van der Waals surface area contributed by atoms with Gasteiger partial charge < -0.3 is 14.8 Å². The Morgan fingerprint density at radius 2 is 1.83 bits per heavy atom. The number of rotatable bonds is 4. The van der Waals surface area contributed by atoms with Crippen LogP contribution < -0.4 is 14.8 Å². The number of fused-ring (bicyclic) bond motifs is 1. The van der Waals surface area contributed by atoms with Crippen LogP contribution >= 0.6 is 0 Å². The quantitative estimate of drug-likeness (QED) is 0.923. The molecule has 3 rings (SSSR count). The Hall–Kier alpha value is -2.49. The molecule has 0 aromatic heterocycles. The molecule has 0 radical (unpaired) electrons. The number of anilines is 1. The summed E-state index contributed by atoms with van der Waals surface area (Å²) >= 11 is 0. The predicted octanol–water partition coefficient (Wildman–Crippen LogP) is 4.04. The third-order valence-corrected chi connectivity index (χ3v) is 4.15. The molecular formula is C20H23NO3. The average molecular weight is 325 g/mol. The largest absolute Gasteiger partial charge is 0.490 e. The Morgan fingerprint density at radius 1 is 1.04 bits per heavy atom. The fourth-order valence-corrected chi connectivity index (χ4v) is 2.84. The number of nitrogens with one attached hydrogen (secondary N) is 1. The fourth-order valence-electron chi connectivity index (χ4n) is 2.84. The van der Waals surface area contributed by atoms with Crippen LogP contribution in [0.1, 0.15) is 29.5 Å². The molecule has 126 valence electrons. The van der Waals surface area contributed by atoms with E-state index < -0.39 is 0 Å². The van der Waals surface area contributed by atoms with E-state index >= 15 is 0 Å². The molecule has 0 atom stereocenters. The van der Waals surface area contributed by atoms with Crippen molar-refractivity contribution in [3.63, 3.8) is 0 Å². The summed E-state index contributed by atoms with van der Waals surface area (Å²) in [5, 5.41) is 2.94. The van der Waals surface area contributed by atoms with Gasteiger partial charge in [0.15, 0.2) is 11.5 Å². The molecule has 0 fully saturated rings. The highest BCUT2D eigenvalue weighted by atomic mass is 16.5. The Kier molecular flexibility index (Phi) is 5.04. The molecule has 0 aliphatic carbocycles. The molecular weight excluding hydrogens is 302 g/mol. The smallest absolute Gasteiger partial charge is 0.224 e. The van der Waals surface area contributed by atoms with E-state index in [2.05, 4.69) is 37.4 Å². The second kappa shape index (κ2) is 7.39. The predicted molar refractivity (Wildman–Crippen MR) is 94.9 cm³/mol. The standard InChI is InChI=1S/C20H23NO3/c1-14-4-5-16(15(2)12-14)6-9-20(22)21-17-7-8-18-19(13-17)24-11-3-10-23-18/h4-5,7-8,12-13H,3,6,9-11H2,1-2H3,(H,21,22). The summed E-state index contributed by atoms with van der Waals surface area (Å²) in [6.07, 6.45) is 2.06. The first kappa shape index (κ1) is 16.4. The Morgan fingerprint density at radius 3 is 2.62 bits per heavy atom. The van der Waals surface area contributed by atoms with Gasteiger partial charge in [-0.2, -0.15) is 0 Å². The van der Waals surface area contributed by atoms with E-state index in [1.807, 2.05) is 18.2 Å². The maximum atomic E-state index is 12.2. The van der Waals surface area contributed by atoms with Gasteiger partial charge in [0.1, 0.15) is 0 Å². The van der Waals surface area contributed by atoms with E-state index in [4.69, 9.17) is 9.47 Å². The molecule has 1 N–H and O–H groups in total. The molecule has 1 heterocycles. The monoisotopic (exact) mass is 325 g/mol. The number of ether oxygens (including phenoxy) is 2. The maximum absolute atomic E-state index is 12.2. The lowest BCUT2D eigenvalue weighted by Gasteiger charge is -2.11. The summed E-state index contributed by atoms with van der Waals surface area (Å²) in [6.45, 7) is 5.46. The van der Waals surface area contributed by atoms with Crippen molar-refractivity contribution in [2.75, 3.05) is 18.5 Å². The minimum absolute atomic E-state index is 0.00413. The number of aryl methyl sites for hydroxylation is 3. The fraction of sp³-hybridized carbons (Fsp3) is 0.350. The van der Waals surface area contributed by atoms with Crippen LogP contribution in [-0.4, -0.2) is 19.1 Å².